The molecule has 1 heterocycles. The van der Waals surface area contributed by atoms with E-state index in [1.54, 1.807) is 30.3 Å². The van der Waals surface area contributed by atoms with Gasteiger partial charge >= 0.3 is 5.97 Å². The number of hydrogen-bond acceptors (Lipinski definition) is 7. The van der Waals surface area contributed by atoms with Gasteiger partial charge in [-0.1, -0.05) is 30.0 Å². The minimum Gasteiger partial charge on any atom is -0.461 e. The third kappa shape index (κ3) is 4.49. The predicted octanol–water partition coefficient (Wildman–Crippen LogP) is 3.03. The maximum absolute atomic E-state index is 12.2. The van der Waals surface area contributed by atoms with Crippen LogP contribution < -0.4 is 0 Å². The van der Waals surface area contributed by atoms with E-state index in [1.807, 2.05) is 6.07 Å². The lowest BCUT2D eigenvalue weighted by atomic mass is 10.2. The molecule has 0 atom stereocenters. The first-order valence-electron chi connectivity index (χ1n) is 8.06. The van der Waals surface area contributed by atoms with Gasteiger partial charge < -0.3 is 9.15 Å². The number of carbonyl (C=O) groups is 1. The number of esters is 1. The van der Waals surface area contributed by atoms with Crippen LogP contribution in [-0.2, 0) is 14.8 Å². The van der Waals surface area contributed by atoms with Crippen LogP contribution in [0.3, 0.4) is 0 Å². The zero-order valence-corrected chi connectivity index (χ0v) is 16.4. The van der Waals surface area contributed by atoms with Crippen molar-refractivity contribution in [2.75, 3.05) is 26.5 Å². The Morgan fingerprint density at radius 1 is 1.19 bits per heavy atom. The highest BCUT2D eigenvalue weighted by Crippen LogP contribution is 2.26. The van der Waals surface area contributed by atoms with Crippen LogP contribution in [0.15, 0.2) is 63.1 Å². The highest BCUT2D eigenvalue weighted by atomic mass is 32.2. The molecule has 0 spiro atoms. The van der Waals surface area contributed by atoms with Crippen LogP contribution in [0.1, 0.15) is 10.4 Å². The number of sulfonamides is 1. The molecule has 0 amide bonds. The van der Waals surface area contributed by atoms with Crippen molar-refractivity contribution in [1.82, 2.24) is 9.29 Å². The van der Waals surface area contributed by atoms with Gasteiger partial charge in [-0.2, -0.15) is 0 Å². The summed E-state index contributed by atoms with van der Waals surface area (Å²) in [5.41, 5.74) is 1.46. The Morgan fingerprint density at radius 3 is 2.63 bits per heavy atom. The van der Waals surface area contributed by atoms with Gasteiger partial charge in [-0.15, -0.1) is 0 Å². The second-order valence-electron chi connectivity index (χ2n) is 5.75. The zero-order valence-electron chi connectivity index (χ0n) is 14.8. The molecule has 3 aromatic rings. The third-order valence-electron chi connectivity index (χ3n) is 3.67. The molecule has 0 bridgehead atoms. The molecular weight excluding hydrogens is 388 g/mol. The van der Waals surface area contributed by atoms with Crippen molar-refractivity contribution in [3.63, 3.8) is 0 Å². The fraction of sp³-hybridized carbons (Fsp3) is 0.222. The summed E-state index contributed by atoms with van der Waals surface area (Å²) < 4.78 is 36.3. The predicted molar refractivity (Wildman–Crippen MR) is 102 cm³/mol. The van der Waals surface area contributed by atoms with Crippen LogP contribution in [0.2, 0.25) is 0 Å². The lowest BCUT2D eigenvalue weighted by Gasteiger charge is -2.10. The highest BCUT2D eigenvalue weighted by Gasteiger charge is 2.19. The van der Waals surface area contributed by atoms with E-state index in [0.717, 1.165) is 4.31 Å². The maximum Gasteiger partial charge on any atom is 0.338 e. The Labute approximate surface area is 161 Å². The normalized spacial score (nSPS) is 11.8. The second-order valence-corrected chi connectivity index (χ2v) is 8.95. The number of oxazole rings is 1. The summed E-state index contributed by atoms with van der Waals surface area (Å²) in [4.78, 5) is 16.3. The first-order chi connectivity index (χ1) is 12.9. The summed E-state index contributed by atoms with van der Waals surface area (Å²) >= 11 is 1.29. The molecule has 0 aliphatic carbocycles. The number of benzene rings is 2. The van der Waals surface area contributed by atoms with Crippen LogP contribution in [0.5, 0.6) is 0 Å². The number of carbonyl (C=O) groups excluding carboxylic acids is 1. The topological polar surface area (TPSA) is 89.7 Å². The first-order valence-corrected chi connectivity index (χ1v) is 10.5. The molecule has 27 heavy (non-hydrogen) atoms. The van der Waals surface area contributed by atoms with E-state index in [-0.39, 0.29) is 17.5 Å². The Kier molecular flexibility index (Phi) is 5.83. The lowest BCUT2D eigenvalue weighted by molar-refractivity contribution is 0.0530. The molecule has 9 heteroatoms. The number of fused-ring (bicyclic) bond motifs is 1. The van der Waals surface area contributed by atoms with Crippen LogP contribution in [0, 0.1) is 0 Å². The Morgan fingerprint density at radius 2 is 1.93 bits per heavy atom. The van der Waals surface area contributed by atoms with E-state index in [2.05, 4.69) is 4.98 Å². The van der Waals surface area contributed by atoms with Crippen molar-refractivity contribution >= 4 is 38.9 Å². The molecule has 0 fully saturated rings. The van der Waals surface area contributed by atoms with Crippen molar-refractivity contribution < 1.29 is 22.4 Å². The van der Waals surface area contributed by atoms with Gasteiger partial charge in [-0.3, -0.25) is 0 Å². The molecule has 1 aromatic heterocycles. The zero-order chi connectivity index (χ0) is 19.4. The van der Waals surface area contributed by atoms with E-state index in [1.165, 1.54) is 38.0 Å². The van der Waals surface area contributed by atoms with Crippen LogP contribution in [-0.4, -0.2) is 50.1 Å². The number of thioether (sulfide) groups is 1. The summed E-state index contributed by atoms with van der Waals surface area (Å²) in [6.45, 7) is 0.206. The van der Waals surface area contributed by atoms with Crippen LogP contribution in [0.4, 0.5) is 0 Å². The van der Waals surface area contributed by atoms with Crippen molar-refractivity contribution in [2.24, 2.45) is 0 Å². The van der Waals surface area contributed by atoms with E-state index < -0.39 is 10.0 Å². The molecule has 0 aliphatic rings. The smallest absolute Gasteiger partial charge is 0.338 e. The van der Waals surface area contributed by atoms with E-state index in [0.29, 0.717) is 27.6 Å². The molecule has 0 radical (unpaired) electrons. The largest absolute Gasteiger partial charge is 0.461 e. The first kappa shape index (κ1) is 19.4. The van der Waals surface area contributed by atoms with Gasteiger partial charge in [0.05, 0.1) is 10.5 Å². The Bertz CT molecular complexity index is 1050. The molecule has 0 aliphatic heterocycles. The number of aromatic nitrogens is 1. The molecule has 0 unspecified atom stereocenters. The fourth-order valence-corrected chi connectivity index (χ4v) is 3.82. The van der Waals surface area contributed by atoms with E-state index >= 15 is 0 Å². The van der Waals surface area contributed by atoms with Gasteiger partial charge in [-0.05, 0) is 30.3 Å². The monoisotopic (exact) mass is 406 g/mol. The minimum atomic E-state index is -3.53. The number of ether oxygens (including phenoxy) is 1. The average molecular weight is 406 g/mol. The van der Waals surface area contributed by atoms with Crippen molar-refractivity contribution in [3.8, 4) is 0 Å². The van der Waals surface area contributed by atoms with Crippen LogP contribution >= 0.6 is 11.8 Å². The molecular formula is C18H18N2O5S2. The Balaban J connectivity index is 1.60. The lowest BCUT2D eigenvalue weighted by Crippen LogP contribution is -2.22. The van der Waals surface area contributed by atoms with E-state index in [9.17, 15) is 13.2 Å². The molecule has 0 N–H and O–H groups in total. The SMILES string of the molecule is CN(C)S(=O)(=O)c1ccc2oc(SCCOC(=O)c3ccccc3)nc2c1. The molecule has 0 saturated carbocycles. The summed E-state index contributed by atoms with van der Waals surface area (Å²) in [5, 5.41) is 0.389. The second kappa shape index (κ2) is 8.12. The van der Waals surface area contributed by atoms with Crippen molar-refractivity contribution in [3.05, 3.63) is 54.1 Å². The molecule has 2 aromatic carbocycles. The quantitative estimate of drug-likeness (QED) is 0.338. The van der Waals surface area contributed by atoms with Crippen LogP contribution in [0.25, 0.3) is 11.1 Å². The van der Waals surface area contributed by atoms with Gasteiger partial charge in [0.2, 0.25) is 10.0 Å². The summed E-state index contributed by atoms with van der Waals surface area (Å²) in [6, 6.07) is 13.3. The fourth-order valence-electron chi connectivity index (χ4n) is 2.24. The summed E-state index contributed by atoms with van der Waals surface area (Å²) in [7, 11) is -0.583. The third-order valence-corrected chi connectivity index (χ3v) is 6.27. The van der Waals surface area contributed by atoms with Gasteiger partial charge in [0.1, 0.15) is 12.1 Å². The molecule has 0 saturated heterocycles. The molecule has 7 nitrogen and oxygen atoms in total. The Hall–Kier alpha value is -2.36. The van der Waals surface area contributed by atoms with Crippen molar-refractivity contribution in [2.45, 2.75) is 10.1 Å². The number of rotatable bonds is 7. The van der Waals surface area contributed by atoms with Crippen molar-refractivity contribution in [1.29, 1.82) is 0 Å². The maximum atomic E-state index is 12.2. The van der Waals surface area contributed by atoms with E-state index in [4.69, 9.17) is 9.15 Å². The standard InChI is InChI=1S/C18H18N2O5S2/c1-20(2)27(22,23)14-8-9-16-15(12-14)19-18(25-16)26-11-10-24-17(21)13-6-4-3-5-7-13/h3-9,12H,10-11H2,1-2H3. The highest BCUT2D eigenvalue weighted by molar-refractivity contribution is 7.99. The molecule has 3 rings (SSSR count). The number of nitrogens with zero attached hydrogens (tertiary/aromatic N) is 2. The summed E-state index contributed by atoms with van der Waals surface area (Å²) in [5.74, 6) is 0.0844. The van der Waals surface area contributed by atoms with Gasteiger partial charge in [0.25, 0.3) is 5.22 Å². The average Bonchev–Trinajstić information content (AvgIpc) is 3.07. The number of hydrogen-bond donors (Lipinski definition) is 0. The molecule has 142 valence electrons. The van der Waals surface area contributed by atoms with Gasteiger partial charge in [-0.25, -0.2) is 22.5 Å². The summed E-state index contributed by atoms with van der Waals surface area (Å²) in [6.07, 6.45) is 0. The van der Waals surface area contributed by atoms with Gasteiger partial charge in [0, 0.05) is 19.8 Å². The van der Waals surface area contributed by atoms with Gasteiger partial charge in [0.15, 0.2) is 5.58 Å². The minimum absolute atomic E-state index is 0.154.